The summed E-state index contributed by atoms with van der Waals surface area (Å²) in [6.45, 7) is 5.02. The van der Waals surface area contributed by atoms with Crippen molar-refractivity contribution in [3.05, 3.63) is 77.8 Å². The predicted molar refractivity (Wildman–Crippen MR) is 67.9 cm³/mol. The third kappa shape index (κ3) is 3.21. The number of nitrogens with one attached hydrogen (secondary N) is 1. The molecule has 16 heavy (non-hydrogen) atoms. The Balaban J connectivity index is 1.82. The highest BCUT2D eigenvalue weighted by molar-refractivity contribution is 5.24. The predicted octanol–water partition coefficient (Wildman–Crippen LogP) is 3.29. The van der Waals surface area contributed by atoms with Gasteiger partial charge in [0.25, 0.3) is 0 Å². The highest BCUT2D eigenvalue weighted by Crippen LogP contribution is 2.04. The van der Waals surface area contributed by atoms with Crippen molar-refractivity contribution in [1.82, 2.24) is 5.32 Å². The smallest absolute Gasteiger partial charge is 0.0521 e. The molecule has 2 rings (SSSR count). The minimum absolute atomic E-state index is 0.870. The van der Waals surface area contributed by atoms with E-state index >= 15 is 0 Å². The Morgan fingerprint density at radius 1 is 0.938 bits per heavy atom. The number of hydrogen-bond acceptors (Lipinski definition) is 1. The van der Waals surface area contributed by atoms with Crippen molar-refractivity contribution >= 4 is 0 Å². The quantitative estimate of drug-likeness (QED) is 0.816. The van der Waals surface area contributed by atoms with E-state index in [9.17, 15) is 0 Å². The Morgan fingerprint density at radius 2 is 1.62 bits per heavy atom. The molecule has 0 heterocycles. The molecule has 0 aliphatic rings. The highest BCUT2D eigenvalue weighted by Gasteiger charge is 1.93. The van der Waals surface area contributed by atoms with Crippen molar-refractivity contribution in [3.63, 3.8) is 0 Å². The lowest BCUT2D eigenvalue weighted by Crippen LogP contribution is -2.10. The largest absolute Gasteiger partial charge is 0.304 e. The van der Waals surface area contributed by atoms with Gasteiger partial charge in [-0.3, -0.25) is 0 Å². The van der Waals surface area contributed by atoms with Crippen molar-refractivity contribution in [1.29, 1.82) is 0 Å². The lowest BCUT2D eigenvalue weighted by atomic mass is 10.1. The van der Waals surface area contributed by atoms with Gasteiger partial charge in [0.1, 0.15) is 0 Å². The van der Waals surface area contributed by atoms with Crippen LogP contribution < -0.4 is 5.32 Å². The SMILES string of the molecule is Cc1ccc(CN[CH]c2ccccc2)cc1. The summed E-state index contributed by atoms with van der Waals surface area (Å²) >= 11 is 0. The van der Waals surface area contributed by atoms with Crippen molar-refractivity contribution in [2.75, 3.05) is 0 Å². The van der Waals surface area contributed by atoms with Crippen LogP contribution in [0.15, 0.2) is 54.6 Å². The van der Waals surface area contributed by atoms with Crippen LogP contribution in [0.25, 0.3) is 0 Å². The Labute approximate surface area is 97.1 Å². The van der Waals surface area contributed by atoms with Crippen LogP contribution in [0.3, 0.4) is 0 Å². The van der Waals surface area contributed by atoms with Gasteiger partial charge in [-0.05, 0) is 18.1 Å². The standard InChI is InChI=1S/C15H16N/c1-13-7-9-15(10-8-13)12-16-11-14-5-3-2-4-6-14/h2-11,16H,12H2,1H3. The van der Waals surface area contributed by atoms with Crippen LogP contribution in [-0.4, -0.2) is 0 Å². The molecule has 0 unspecified atom stereocenters. The van der Waals surface area contributed by atoms with Gasteiger partial charge in [-0.15, -0.1) is 0 Å². The van der Waals surface area contributed by atoms with E-state index in [1.54, 1.807) is 0 Å². The van der Waals surface area contributed by atoms with Gasteiger partial charge in [-0.25, -0.2) is 0 Å². The van der Waals surface area contributed by atoms with Crippen molar-refractivity contribution in [2.24, 2.45) is 0 Å². The topological polar surface area (TPSA) is 12.0 Å². The molecule has 0 amide bonds. The number of rotatable bonds is 4. The maximum Gasteiger partial charge on any atom is 0.0521 e. The number of aryl methyl sites for hydroxylation is 1. The van der Waals surface area contributed by atoms with Crippen LogP contribution in [-0.2, 0) is 6.54 Å². The molecule has 1 heteroatoms. The molecule has 2 aromatic carbocycles. The van der Waals surface area contributed by atoms with E-state index in [2.05, 4.69) is 48.6 Å². The zero-order valence-electron chi connectivity index (χ0n) is 9.48. The fourth-order valence-electron chi connectivity index (χ4n) is 1.54. The Morgan fingerprint density at radius 3 is 2.31 bits per heavy atom. The van der Waals surface area contributed by atoms with Gasteiger partial charge < -0.3 is 5.32 Å². The van der Waals surface area contributed by atoms with E-state index in [4.69, 9.17) is 0 Å². The molecule has 1 nitrogen and oxygen atoms in total. The molecular weight excluding hydrogens is 194 g/mol. The van der Waals surface area contributed by atoms with Crippen LogP contribution >= 0.6 is 0 Å². The molecule has 0 aliphatic heterocycles. The van der Waals surface area contributed by atoms with Gasteiger partial charge >= 0.3 is 0 Å². The second-order valence-electron chi connectivity index (χ2n) is 3.92. The van der Waals surface area contributed by atoms with E-state index in [1.165, 1.54) is 16.7 Å². The molecule has 2 aromatic rings. The van der Waals surface area contributed by atoms with Gasteiger partial charge in [0.15, 0.2) is 0 Å². The highest BCUT2D eigenvalue weighted by atomic mass is 14.8. The summed E-state index contributed by atoms with van der Waals surface area (Å²) in [5.41, 5.74) is 3.81. The van der Waals surface area contributed by atoms with Crippen LogP contribution in [0, 0.1) is 13.5 Å². The molecule has 0 aliphatic carbocycles. The molecule has 0 atom stereocenters. The summed E-state index contributed by atoms with van der Waals surface area (Å²) in [7, 11) is 0. The minimum Gasteiger partial charge on any atom is -0.304 e. The molecule has 0 fully saturated rings. The summed E-state index contributed by atoms with van der Waals surface area (Å²) in [5.74, 6) is 0. The lowest BCUT2D eigenvalue weighted by molar-refractivity contribution is 0.819. The van der Waals surface area contributed by atoms with Gasteiger partial charge in [-0.2, -0.15) is 0 Å². The maximum atomic E-state index is 3.31. The second kappa shape index (κ2) is 5.47. The van der Waals surface area contributed by atoms with E-state index in [0.717, 1.165) is 6.54 Å². The second-order valence-corrected chi connectivity index (χ2v) is 3.92. The van der Waals surface area contributed by atoms with Crippen molar-refractivity contribution in [2.45, 2.75) is 13.5 Å². The molecule has 81 valence electrons. The maximum absolute atomic E-state index is 3.31. The summed E-state index contributed by atoms with van der Waals surface area (Å²) in [6.07, 6.45) is 0. The average Bonchev–Trinajstić information content (AvgIpc) is 2.33. The van der Waals surface area contributed by atoms with Crippen molar-refractivity contribution in [3.8, 4) is 0 Å². The molecule has 0 saturated carbocycles. The molecule has 1 radical (unpaired) electrons. The average molecular weight is 210 g/mol. The van der Waals surface area contributed by atoms with E-state index < -0.39 is 0 Å². The third-order valence-electron chi connectivity index (χ3n) is 2.50. The monoisotopic (exact) mass is 210 g/mol. The van der Waals surface area contributed by atoms with Crippen molar-refractivity contribution < 1.29 is 0 Å². The Kier molecular flexibility index (Phi) is 3.73. The first kappa shape index (κ1) is 10.9. The van der Waals surface area contributed by atoms with Gasteiger partial charge in [0.05, 0.1) is 6.54 Å². The van der Waals surface area contributed by atoms with E-state index in [1.807, 2.05) is 24.7 Å². The van der Waals surface area contributed by atoms with Crippen LogP contribution in [0.2, 0.25) is 0 Å². The third-order valence-corrected chi connectivity index (χ3v) is 2.50. The molecular formula is C15H16N. The molecule has 0 bridgehead atoms. The Hall–Kier alpha value is -1.60. The number of benzene rings is 2. The fraction of sp³-hybridized carbons (Fsp3) is 0.133. The first-order valence-corrected chi connectivity index (χ1v) is 5.52. The molecule has 1 N–H and O–H groups in total. The van der Waals surface area contributed by atoms with Gasteiger partial charge in [0, 0.05) is 6.54 Å². The fourth-order valence-corrected chi connectivity index (χ4v) is 1.54. The first-order chi connectivity index (χ1) is 7.84. The summed E-state index contributed by atoms with van der Waals surface area (Å²) in [6, 6.07) is 18.9. The van der Waals surface area contributed by atoms with Gasteiger partial charge in [0.2, 0.25) is 0 Å². The van der Waals surface area contributed by atoms with Crippen LogP contribution in [0.1, 0.15) is 16.7 Å². The minimum atomic E-state index is 0.870. The zero-order valence-corrected chi connectivity index (χ0v) is 9.48. The van der Waals surface area contributed by atoms with E-state index in [0.29, 0.717) is 0 Å². The lowest BCUT2D eigenvalue weighted by Gasteiger charge is -2.04. The summed E-state index contributed by atoms with van der Waals surface area (Å²) in [4.78, 5) is 0. The summed E-state index contributed by atoms with van der Waals surface area (Å²) < 4.78 is 0. The Bertz CT molecular complexity index is 417. The van der Waals surface area contributed by atoms with Gasteiger partial charge in [-0.1, -0.05) is 60.2 Å². The normalized spacial score (nSPS) is 10.3. The van der Waals surface area contributed by atoms with Crippen LogP contribution in [0.4, 0.5) is 0 Å². The number of hydrogen-bond donors (Lipinski definition) is 1. The zero-order chi connectivity index (χ0) is 11.2. The molecule has 0 saturated heterocycles. The molecule has 0 spiro atoms. The first-order valence-electron chi connectivity index (χ1n) is 5.52. The van der Waals surface area contributed by atoms with E-state index in [-0.39, 0.29) is 0 Å². The van der Waals surface area contributed by atoms with Crippen LogP contribution in [0.5, 0.6) is 0 Å². The summed E-state index contributed by atoms with van der Waals surface area (Å²) in [5, 5.41) is 3.31. The molecule has 0 aromatic heterocycles.